The molecule has 0 aliphatic heterocycles. The molecule has 0 amide bonds. The molecule has 1 aromatic heterocycles. The Morgan fingerprint density at radius 3 is 2.83 bits per heavy atom. The van der Waals surface area contributed by atoms with Crippen LogP contribution in [0.4, 0.5) is 11.4 Å². The fourth-order valence-electron chi connectivity index (χ4n) is 3.99. The zero-order chi connectivity index (χ0) is 21.3. The van der Waals surface area contributed by atoms with Crippen LogP contribution < -0.4 is 16.6 Å². The van der Waals surface area contributed by atoms with Gasteiger partial charge in [-0.15, -0.1) is 0 Å². The van der Waals surface area contributed by atoms with Crippen LogP contribution in [0.1, 0.15) is 46.7 Å². The van der Waals surface area contributed by atoms with Gasteiger partial charge in [-0.2, -0.15) is 5.26 Å². The van der Waals surface area contributed by atoms with Gasteiger partial charge in [-0.05, 0) is 66.8 Å². The number of aromatic nitrogens is 1. The Morgan fingerprint density at radius 2 is 2.07 bits per heavy atom. The molecule has 0 bridgehead atoms. The second-order valence-electron chi connectivity index (χ2n) is 7.66. The third-order valence-corrected chi connectivity index (χ3v) is 5.62. The van der Waals surface area contributed by atoms with Crippen molar-refractivity contribution >= 4 is 17.1 Å². The summed E-state index contributed by atoms with van der Waals surface area (Å²) in [5.74, 6) is 0. The molecule has 6 nitrogen and oxygen atoms in total. The van der Waals surface area contributed by atoms with Crippen LogP contribution in [0.5, 0.6) is 0 Å². The summed E-state index contributed by atoms with van der Waals surface area (Å²) in [6.45, 7) is 0. The van der Waals surface area contributed by atoms with Crippen molar-refractivity contribution in [3.05, 3.63) is 92.9 Å². The number of aryl methyl sites for hydroxylation is 2. The number of nitrogens with zero attached hydrogens (tertiary/aromatic N) is 2. The lowest BCUT2D eigenvalue weighted by molar-refractivity contribution is 0.600. The SMILES string of the molecule is Cn1cc(C(=N)c2cc(N[C@H]3CCCc4cc(C#N)ccc43)ccc2N)ccc1=O. The van der Waals surface area contributed by atoms with Gasteiger partial charge in [-0.25, -0.2) is 0 Å². The summed E-state index contributed by atoms with van der Waals surface area (Å²) in [4.78, 5) is 11.7. The second kappa shape index (κ2) is 7.88. The maximum Gasteiger partial charge on any atom is 0.250 e. The average Bonchev–Trinajstić information content (AvgIpc) is 2.76. The minimum absolute atomic E-state index is 0.120. The lowest BCUT2D eigenvalue weighted by atomic mass is 9.86. The van der Waals surface area contributed by atoms with E-state index in [2.05, 4.69) is 11.4 Å². The number of hydrogen-bond acceptors (Lipinski definition) is 5. The molecular formula is C24H23N5O. The first-order valence-corrected chi connectivity index (χ1v) is 9.91. The van der Waals surface area contributed by atoms with E-state index in [0.717, 1.165) is 24.9 Å². The first-order valence-electron chi connectivity index (χ1n) is 9.91. The Bertz CT molecular complexity index is 1240. The van der Waals surface area contributed by atoms with Crippen molar-refractivity contribution in [2.24, 2.45) is 7.05 Å². The van der Waals surface area contributed by atoms with E-state index in [4.69, 9.17) is 16.4 Å². The van der Waals surface area contributed by atoms with Crippen molar-refractivity contribution in [2.45, 2.75) is 25.3 Å². The van der Waals surface area contributed by atoms with Crippen LogP contribution in [0.3, 0.4) is 0 Å². The monoisotopic (exact) mass is 397 g/mol. The zero-order valence-electron chi connectivity index (χ0n) is 16.8. The molecule has 0 saturated heterocycles. The smallest absolute Gasteiger partial charge is 0.250 e. The molecule has 4 N–H and O–H groups in total. The number of nitrogens with two attached hydrogens (primary N) is 1. The molecule has 0 saturated carbocycles. The van der Waals surface area contributed by atoms with Gasteiger partial charge in [0.05, 0.1) is 23.4 Å². The van der Waals surface area contributed by atoms with Gasteiger partial charge in [0.2, 0.25) is 5.56 Å². The molecule has 4 rings (SSSR count). The number of anilines is 2. The van der Waals surface area contributed by atoms with Crippen LogP contribution >= 0.6 is 0 Å². The molecule has 1 aliphatic rings. The third kappa shape index (κ3) is 3.70. The normalized spacial score (nSPS) is 15.1. The molecule has 0 fully saturated rings. The molecule has 1 heterocycles. The van der Waals surface area contributed by atoms with Crippen molar-refractivity contribution in [1.29, 1.82) is 10.7 Å². The number of nitrogens with one attached hydrogen (secondary N) is 2. The number of nitrogen functional groups attached to an aromatic ring is 1. The van der Waals surface area contributed by atoms with Crippen LogP contribution in [0, 0.1) is 16.7 Å². The van der Waals surface area contributed by atoms with Crippen molar-refractivity contribution < 1.29 is 0 Å². The molecule has 2 aromatic carbocycles. The van der Waals surface area contributed by atoms with Crippen molar-refractivity contribution in [3.8, 4) is 6.07 Å². The molecule has 3 aromatic rings. The predicted molar refractivity (Wildman–Crippen MR) is 119 cm³/mol. The molecule has 1 atom stereocenters. The molecule has 150 valence electrons. The lowest BCUT2D eigenvalue weighted by Crippen LogP contribution is -2.19. The summed E-state index contributed by atoms with van der Waals surface area (Å²) in [5.41, 5.74) is 12.1. The van der Waals surface area contributed by atoms with Gasteiger partial charge < -0.3 is 15.6 Å². The van der Waals surface area contributed by atoms with Crippen molar-refractivity contribution in [2.75, 3.05) is 11.1 Å². The van der Waals surface area contributed by atoms with Crippen molar-refractivity contribution in [3.63, 3.8) is 0 Å². The zero-order valence-corrected chi connectivity index (χ0v) is 16.8. The van der Waals surface area contributed by atoms with E-state index in [1.165, 1.54) is 21.8 Å². The predicted octanol–water partition coefficient (Wildman–Crippen LogP) is 3.74. The van der Waals surface area contributed by atoms with Crippen LogP contribution in [0.25, 0.3) is 0 Å². The summed E-state index contributed by atoms with van der Waals surface area (Å²) in [6, 6.07) is 17.0. The van der Waals surface area contributed by atoms with Gasteiger partial charge in [0.1, 0.15) is 0 Å². The lowest BCUT2D eigenvalue weighted by Gasteiger charge is -2.27. The van der Waals surface area contributed by atoms with Gasteiger partial charge in [0, 0.05) is 41.8 Å². The summed E-state index contributed by atoms with van der Waals surface area (Å²) in [6.07, 6.45) is 4.67. The van der Waals surface area contributed by atoms with E-state index in [-0.39, 0.29) is 17.3 Å². The van der Waals surface area contributed by atoms with Gasteiger partial charge in [-0.3, -0.25) is 10.2 Å². The van der Waals surface area contributed by atoms with E-state index in [1.54, 1.807) is 25.4 Å². The summed E-state index contributed by atoms with van der Waals surface area (Å²) in [7, 11) is 1.67. The summed E-state index contributed by atoms with van der Waals surface area (Å²) >= 11 is 0. The van der Waals surface area contributed by atoms with Crippen LogP contribution in [0.15, 0.2) is 59.5 Å². The minimum Gasteiger partial charge on any atom is -0.398 e. The maximum atomic E-state index is 11.7. The first kappa shape index (κ1) is 19.5. The van der Waals surface area contributed by atoms with Gasteiger partial charge in [0.15, 0.2) is 0 Å². The van der Waals surface area contributed by atoms with E-state index >= 15 is 0 Å². The highest BCUT2D eigenvalue weighted by atomic mass is 16.1. The Hall–Kier alpha value is -3.85. The molecule has 1 aliphatic carbocycles. The highest BCUT2D eigenvalue weighted by molar-refractivity contribution is 6.14. The molecular weight excluding hydrogens is 374 g/mol. The third-order valence-electron chi connectivity index (χ3n) is 5.62. The Balaban J connectivity index is 1.63. The van der Waals surface area contributed by atoms with E-state index < -0.39 is 0 Å². The molecule has 6 heteroatoms. The van der Waals surface area contributed by atoms with Gasteiger partial charge in [-0.1, -0.05) is 6.07 Å². The average molecular weight is 397 g/mol. The minimum atomic E-state index is -0.120. The number of fused-ring (bicyclic) bond motifs is 1. The second-order valence-corrected chi connectivity index (χ2v) is 7.66. The summed E-state index contributed by atoms with van der Waals surface area (Å²) < 4.78 is 1.45. The topological polar surface area (TPSA) is 108 Å². The number of nitriles is 1. The number of rotatable bonds is 4. The number of pyridine rings is 1. The van der Waals surface area contributed by atoms with Crippen LogP contribution in [-0.2, 0) is 13.5 Å². The molecule has 30 heavy (non-hydrogen) atoms. The first-order chi connectivity index (χ1) is 14.5. The highest BCUT2D eigenvalue weighted by Crippen LogP contribution is 2.34. The van der Waals surface area contributed by atoms with Crippen LogP contribution in [-0.4, -0.2) is 10.3 Å². The number of benzene rings is 2. The Morgan fingerprint density at radius 1 is 1.23 bits per heavy atom. The van der Waals surface area contributed by atoms with Crippen LogP contribution in [0.2, 0.25) is 0 Å². The van der Waals surface area contributed by atoms with E-state index in [9.17, 15) is 4.79 Å². The standard InChI is InChI=1S/C24H23N5O/c1-29-14-17(6-10-23(29)30)24(27)20-12-18(7-9-21(20)26)28-22-4-2-3-16-11-15(13-25)5-8-19(16)22/h5-12,14,22,27-28H,2-4,26H2,1H3/t22-/m0/s1. The largest absolute Gasteiger partial charge is 0.398 e. The number of hydrogen-bond donors (Lipinski definition) is 3. The molecule has 0 radical (unpaired) electrons. The summed E-state index contributed by atoms with van der Waals surface area (Å²) in [5, 5.41) is 21.3. The quantitative estimate of drug-likeness (QED) is 0.460. The molecule has 0 unspecified atom stereocenters. The fraction of sp³-hybridized carbons (Fsp3) is 0.208. The van der Waals surface area contributed by atoms with Gasteiger partial charge in [0.25, 0.3) is 0 Å². The van der Waals surface area contributed by atoms with E-state index in [1.807, 2.05) is 30.3 Å². The van der Waals surface area contributed by atoms with Gasteiger partial charge >= 0.3 is 0 Å². The van der Waals surface area contributed by atoms with Crippen molar-refractivity contribution in [1.82, 2.24) is 4.57 Å². The molecule has 0 spiro atoms. The maximum absolute atomic E-state index is 11.7. The Labute approximate surface area is 175 Å². The Kier molecular flexibility index (Phi) is 5.11. The fourth-order valence-corrected chi connectivity index (χ4v) is 3.99. The van der Waals surface area contributed by atoms with E-state index in [0.29, 0.717) is 22.4 Å². The highest BCUT2D eigenvalue weighted by Gasteiger charge is 2.21.